The molecule has 1 amide bonds. The quantitative estimate of drug-likeness (QED) is 0.889. The van der Waals surface area contributed by atoms with E-state index in [9.17, 15) is 4.79 Å². The predicted octanol–water partition coefficient (Wildman–Crippen LogP) is 2.31. The summed E-state index contributed by atoms with van der Waals surface area (Å²) in [7, 11) is 1.86. The van der Waals surface area contributed by atoms with Crippen LogP contribution in [0, 0.1) is 26.2 Å². The second-order valence-electron chi connectivity index (χ2n) is 5.60. The zero-order chi connectivity index (χ0) is 13.5. The zero-order valence-corrected chi connectivity index (χ0v) is 11.7. The summed E-state index contributed by atoms with van der Waals surface area (Å²) in [6.07, 6.45) is 1.85. The largest absolute Gasteiger partial charge is 0.329 e. The molecule has 0 heterocycles. The Labute approximate surface area is 109 Å². The van der Waals surface area contributed by atoms with Crippen LogP contribution in [0.4, 0.5) is 5.69 Å². The number of nitrogens with zero attached hydrogens (tertiary/aromatic N) is 1. The lowest BCUT2D eigenvalue weighted by molar-refractivity contribution is -0.123. The first-order chi connectivity index (χ1) is 8.41. The monoisotopic (exact) mass is 246 g/mol. The maximum Gasteiger partial charge on any atom is 0.234 e. The summed E-state index contributed by atoms with van der Waals surface area (Å²) in [5.41, 5.74) is 10.0. The Morgan fingerprint density at radius 1 is 1.28 bits per heavy atom. The van der Waals surface area contributed by atoms with Gasteiger partial charge in [0.05, 0.1) is 5.41 Å². The molecule has 1 aliphatic carbocycles. The summed E-state index contributed by atoms with van der Waals surface area (Å²) in [6.45, 7) is 6.65. The number of nitrogens with two attached hydrogens (primary N) is 1. The minimum Gasteiger partial charge on any atom is -0.329 e. The highest BCUT2D eigenvalue weighted by molar-refractivity contribution is 6.00. The Balaban J connectivity index is 2.35. The zero-order valence-electron chi connectivity index (χ0n) is 11.7. The van der Waals surface area contributed by atoms with Crippen LogP contribution in [0.1, 0.15) is 29.5 Å². The maximum absolute atomic E-state index is 12.5. The first-order valence-electron chi connectivity index (χ1n) is 6.47. The summed E-state index contributed by atoms with van der Waals surface area (Å²) in [4.78, 5) is 14.3. The number of aryl methyl sites for hydroxylation is 3. The molecule has 0 atom stereocenters. The second-order valence-corrected chi connectivity index (χ2v) is 5.60. The molecule has 1 aliphatic rings. The minimum atomic E-state index is -0.279. The van der Waals surface area contributed by atoms with Crippen molar-refractivity contribution in [3.05, 3.63) is 28.8 Å². The topological polar surface area (TPSA) is 46.3 Å². The summed E-state index contributed by atoms with van der Waals surface area (Å²) < 4.78 is 0. The van der Waals surface area contributed by atoms with E-state index in [1.165, 1.54) is 5.56 Å². The fourth-order valence-electron chi connectivity index (χ4n) is 2.81. The van der Waals surface area contributed by atoms with Crippen LogP contribution < -0.4 is 10.6 Å². The van der Waals surface area contributed by atoms with Gasteiger partial charge in [0.25, 0.3) is 0 Å². The smallest absolute Gasteiger partial charge is 0.234 e. The van der Waals surface area contributed by atoms with Gasteiger partial charge < -0.3 is 10.6 Å². The van der Waals surface area contributed by atoms with Gasteiger partial charge in [0.2, 0.25) is 5.91 Å². The van der Waals surface area contributed by atoms with Gasteiger partial charge in [-0.1, -0.05) is 17.7 Å². The molecule has 1 aromatic rings. The van der Waals surface area contributed by atoms with Crippen LogP contribution >= 0.6 is 0 Å². The van der Waals surface area contributed by atoms with Crippen molar-refractivity contribution in [1.82, 2.24) is 0 Å². The van der Waals surface area contributed by atoms with Crippen LogP contribution in [0.5, 0.6) is 0 Å². The number of carbonyl (C=O) groups is 1. The Kier molecular flexibility index (Phi) is 3.20. The van der Waals surface area contributed by atoms with Crippen LogP contribution in [0.15, 0.2) is 12.1 Å². The van der Waals surface area contributed by atoms with Crippen LogP contribution in [-0.2, 0) is 4.79 Å². The van der Waals surface area contributed by atoms with Gasteiger partial charge in [0.1, 0.15) is 0 Å². The fourth-order valence-corrected chi connectivity index (χ4v) is 2.81. The third kappa shape index (κ3) is 2.03. The molecule has 1 aromatic carbocycles. The van der Waals surface area contributed by atoms with Gasteiger partial charge in [-0.3, -0.25) is 4.79 Å². The summed E-state index contributed by atoms with van der Waals surface area (Å²) in [5.74, 6) is 0.167. The van der Waals surface area contributed by atoms with Gasteiger partial charge >= 0.3 is 0 Å². The Hall–Kier alpha value is -1.35. The molecule has 2 N–H and O–H groups in total. The maximum atomic E-state index is 12.5. The third-order valence-corrected chi connectivity index (χ3v) is 3.97. The summed E-state index contributed by atoms with van der Waals surface area (Å²) in [6, 6.07) is 4.24. The molecule has 1 fully saturated rings. The van der Waals surface area contributed by atoms with Gasteiger partial charge in [0.15, 0.2) is 0 Å². The molecule has 0 aliphatic heterocycles. The van der Waals surface area contributed by atoms with Gasteiger partial charge in [0, 0.05) is 19.3 Å². The lowest BCUT2D eigenvalue weighted by Gasteiger charge is -2.26. The molecule has 0 saturated heterocycles. The van der Waals surface area contributed by atoms with Gasteiger partial charge in [-0.15, -0.1) is 0 Å². The summed E-state index contributed by atoms with van der Waals surface area (Å²) in [5, 5.41) is 0. The van der Waals surface area contributed by atoms with Crippen LogP contribution in [0.2, 0.25) is 0 Å². The summed E-state index contributed by atoms with van der Waals surface area (Å²) >= 11 is 0. The van der Waals surface area contributed by atoms with E-state index >= 15 is 0 Å². The Morgan fingerprint density at radius 3 is 2.17 bits per heavy atom. The second kappa shape index (κ2) is 4.39. The number of hydrogen-bond donors (Lipinski definition) is 1. The number of benzene rings is 1. The van der Waals surface area contributed by atoms with E-state index in [2.05, 4.69) is 32.9 Å². The molecular formula is C15H22N2O. The molecule has 98 valence electrons. The normalized spacial score (nSPS) is 16.5. The van der Waals surface area contributed by atoms with E-state index in [1.54, 1.807) is 4.90 Å². The van der Waals surface area contributed by atoms with E-state index in [1.807, 2.05) is 7.05 Å². The molecule has 0 radical (unpaired) electrons. The first kappa shape index (κ1) is 13.1. The van der Waals surface area contributed by atoms with Crippen LogP contribution in [0.25, 0.3) is 0 Å². The molecule has 0 bridgehead atoms. The third-order valence-electron chi connectivity index (χ3n) is 3.97. The van der Waals surface area contributed by atoms with E-state index in [0.29, 0.717) is 6.54 Å². The number of anilines is 1. The molecule has 0 spiro atoms. The molecule has 0 aromatic heterocycles. The van der Waals surface area contributed by atoms with Gasteiger partial charge in [-0.25, -0.2) is 0 Å². The number of rotatable bonds is 3. The van der Waals surface area contributed by atoms with Gasteiger partial charge in [-0.05, 0) is 44.7 Å². The molecular weight excluding hydrogens is 224 g/mol. The highest BCUT2D eigenvalue weighted by Crippen LogP contribution is 2.47. The molecule has 0 unspecified atom stereocenters. The lowest BCUT2D eigenvalue weighted by atomic mass is 10.0. The van der Waals surface area contributed by atoms with Crippen LogP contribution in [-0.4, -0.2) is 19.5 Å². The van der Waals surface area contributed by atoms with E-state index < -0.39 is 0 Å². The Morgan fingerprint density at radius 2 is 1.78 bits per heavy atom. The molecule has 2 rings (SSSR count). The van der Waals surface area contributed by atoms with E-state index in [4.69, 9.17) is 5.73 Å². The van der Waals surface area contributed by atoms with E-state index in [0.717, 1.165) is 29.7 Å². The minimum absolute atomic E-state index is 0.167. The number of hydrogen-bond acceptors (Lipinski definition) is 2. The Bertz CT molecular complexity index is 466. The van der Waals surface area contributed by atoms with Gasteiger partial charge in [-0.2, -0.15) is 0 Å². The van der Waals surface area contributed by atoms with Crippen molar-refractivity contribution in [2.45, 2.75) is 33.6 Å². The SMILES string of the molecule is Cc1cc(C)c(N(C)C(=O)C2(CN)CC2)c(C)c1. The fraction of sp³-hybridized carbons (Fsp3) is 0.533. The molecule has 3 nitrogen and oxygen atoms in total. The van der Waals surface area contributed by atoms with Crippen molar-refractivity contribution in [2.24, 2.45) is 11.1 Å². The van der Waals surface area contributed by atoms with Crippen molar-refractivity contribution in [3.8, 4) is 0 Å². The van der Waals surface area contributed by atoms with Crippen molar-refractivity contribution in [1.29, 1.82) is 0 Å². The van der Waals surface area contributed by atoms with Crippen molar-refractivity contribution in [3.63, 3.8) is 0 Å². The standard InChI is InChI=1S/C15H22N2O/c1-10-7-11(2)13(12(3)8-10)17(4)14(18)15(9-16)5-6-15/h7-8H,5-6,9,16H2,1-4H3. The highest BCUT2D eigenvalue weighted by atomic mass is 16.2. The van der Waals surface area contributed by atoms with Crippen molar-refractivity contribution < 1.29 is 4.79 Å². The molecule has 18 heavy (non-hydrogen) atoms. The average molecular weight is 246 g/mol. The first-order valence-corrected chi connectivity index (χ1v) is 6.47. The lowest BCUT2D eigenvalue weighted by Crippen LogP contribution is -2.38. The van der Waals surface area contributed by atoms with E-state index in [-0.39, 0.29) is 11.3 Å². The van der Waals surface area contributed by atoms with Crippen LogP contribution in [0.3, 0.4) is 0 Å². The highest BCUT2D eigenvalue weighted by Gasteiger charge is 2.50. The van der Waals surface area contributed by atoms with Crippen molar-refractivity contribution >= 4 is 11.6 Å². The van der Waals surface area contributed by atoms with Crippen molar-refractivity contribution in [2.75, 3.05) is 18.5 Å². The average Bonchev–Trinajstić information content (AvgIpc) is 3.07. The predicted molar refractivity (Wildman–Crippen MR) is 74.8 cm³/mol. The number of carbonyl (C=O) groups excluding carboxylic acids is 1. The number of amides is 1. The molecule has 1 saturated carbocycles. The molecule has 3 heteroatoms.